The molecule has 0 atom stereocenters. The van der Waals surface area contributed by atoms with Gasteiger partial charge in [-0.25, -0.2) is 0 Å². The average Bonchev–Trinajstić information content (AvgIpc) is 2.38. The van der Waals surface area contributed by atoms with Crippen molar-refractivity contribution in [1.29, 1.82) is 0 Å². The molecule has 1 aromatic carbocycles. The maximum absolute atomic E-state index is 3.55. The summed E-state index contributed by atoms with van der Waals surface area (Å²) in [6.45, 7) is 11.4. The third-order valence-corrected chi connectivity index (χ3v) is 4.23. The Balaban J connectivity index is 2.29. The summed E-state index contributed by atoms with van der Waals surface area (Å²) in [7, 11) is 0. The SMILES string of the molecule is CCC(CC)CN1c2ccccc2NCC1(C)C. The van der Waals surface area contributed by atoms with Crippen LogP contribution in [0.2, 0.25) is 0 Å². The summed E-state index contributed by atoms with van der Waals surface area (Å²) in [6.07, 6.45) is 2.53. The van der Waals surface area contributed by atoms with Crippen molar-refractivity contribution in [2.75, 3.05) is 23.3 Å². The quantitative estimate of drug-likeness (QED) is 0.859. The van der Waals surface area contributed by atoms with Gasteiger partial charge in [0.05, 0.1) is 16.9 Å². The van der Waals surface area contributed by atoms with E-state index in [9.17, 15) is 0 Å². The number of rotatable bonds is 4. The lowest BCUT2D eigenvalue weighted by Crippen LogP contribution is -2.53. The molecule has 2 rings (SSSR count). The lowest BCUT2D eigenvalue weighted by Gasteiger charge is -2.47. The Bertz CT molecular complexity index is 394. The van der Waals surface area contributed by atoms with E-state index in [2.05, 4.69) is 62.2 Å². The molecule has 0 spiro atoms. The Morgan fingerprint density at radius 3 is 2.56 bits per heavy atom. The Morgan fingerprint density at radius 2 is 1.89 bits per heavy atom. The van der Waals surface area contributed by atoms with Gasteiger partial charge in [-0.2, -0.15) is 0 Å². The molecule has 0 amide bonds. The van der Waals surface area contributed by atoms with Gasteiger partial charge < -0.3 is 10.2 Å². The van der Waals surface area contributed by atoms with Crippen molar-refractivity contribution in [2.24, 2.45) is 5.92 Å². The normalized spacial score (nSPS) is 17.5. The molecule has 0 fully saturated rings. The van der Waals surface area contributed by atoms with Gasteiger partial charge >= 0.3 is 0 Å². The van der Waals surface area contributed by atoms with Gasteiger partial charge in [0.25, 0.3) is 0 Å². The molecule has 1 aliphatic heterocycles. The first-order valence-corrected chi connectivity index (χ1v) is 7.19. The van der Waals surface area contributed by atoms with Crippen molar-refractivity contribution in [3.8, 4) is 0 Å². The topological polar surface area (TPSA) is 15.3 Å². The molecule has 0 saturated heterocycles. The van der Waals surface area contributed by atoms with Crippen LogP contribution < -0.4 is 10.2 Å². The molecule has 1 aromatic rings. The molecule has 100 valence electrons. The lowest BCUT2D eigenvalue weighted by molar-refractivity contribution is 0.401. The van der Waals surface area contributed by atoms with Gasteiger partial charge in [0.15, 0.2) is 0 Å². The van der Waals surface area contributed by atoms with E-state index >= 15 is 0 Å². The van der Waals surface area contributed by atoms with Gasteiger partial charge in [-0.15, -0.1) is 0 Å². The van der Waals surface area contributed by atoms with E-state index in [4.69, 9.17) is 0 Å². The summed E-state index contributed by atoms with van der Waals surface area (Å²) in [4.78, 5) is 2.59. The Kier molecular flexibility index (Phi) is 3.84. The molecule has 2 nitrogen and oxygen atoms in total. The molecule has 0 saturated carbocycles. The van der Waals surface area contributed by atoms with Gasteiger partial charge in [-0.3, -0.25) is 0 Å². The van der Waals surface area contributed by atoms with E-state index < -0.39 is 0 Å². The van der Waals surface area contributed by atoms with E-state index in [1.807, 2.05) is 0 Å². The van der Waals surface area contributed by atoms with Crippen molar-refractivity contribution in [3.05, 3.63) is 24.3 Å². The standard InChI is InChI=1S/C16H26N2/c1-5-13(6-2)11-18-15-10-8-7-9-14(15)17-12-16(18,3)4/h7-10,13,17H,5-6,11-12H2,1-4H3. The van der Waals surface area contributed by atoms with E-state index in [1.54, 1.807) is 0 Å². The van der Waals surface area contributed by atoms with E-state index in [0.29, 0.717) is 0 Å². The smallest absolute Gasteiger partial charge is 0.0607 e. The molecule has 1 N–H and O–H groups in total. The molecule has 0 aromatic heterocycles. The van der Waals surface area contributed by atoms with Crippen LogP contribution >= 0.6 is 0 Å². The lowest BCUT2D eigenvalue weighted by atomic mass is 9.93. The third-order valence-electron chi connectivity index (χ3n) is 4.23. The predicted molar refractivity (Wildman–Crippen MR) is 80.4 cm³/mol. The second kappa shape index (κ2) is 5.21. The van der Waals surface area contributed by atoms with Crippen LogP contribution in [0.5, 0.6) is 0 Å². The molecule has 18 heavy (non-hydrogen) atoms. The number of para-hydroxylation sites is 2. The summed E-state index contributed by atoms with van der Waals surface area (Å²) in [5.74, 6) is 0.787. The van der Waals surface area contributed by atoms with Crippen LogP contribution in [-0.4, -0.2) is 18.6 Å². The minimum absolute atomic E-state index is 0.191. The zero-order valence-electron chi connectivity index (χ0n) is 12.2. The highest BCUT2D eigenvalue weighted by Crippen LogP contribution is 2.36. The number of hydrogen-bond donors (Lipinski definition) is 1. The second-order valence-electron chi connectivity index (χ2n) is 5.98. The third kappa shape index (κ3) is 2.47. The highest BCUT2D eigenvalue weighted by atomic mass is 15.3. The van der Waals surface area contributed by atoms with Crippen LogP contribution in [0.15, 0.2) is 24.3 Å². The first-order chi connectivity index (χ1) is 8.58. The Hall–Kier alpha value is -1.18. The van der Waals surface area contributed by atoms with Gasteiger partial charge in [-0.05, 0) is 31.9 Å². The number of nitrogens with one attached hydrogen (secondary N) is 1. The first kappa shape index (κ1) is 13.3. The van der Waals surface area contributed by atoms with Crippen LogP contribution in [-0.2, 0) is 0 Å². The molecule has 2 heteroatoms. The molecular weight excluding hydrogens is 220 g/mol. The minimum atomic E-state index is 0.191. The minimum Gasteiger partial charge on any atom is -0.381 e. The molecular formula is C16H26N2. The second-order valence-corrected chi connectivity index (χ2v) is 5.98. The monoisotopic (exact) mass is 246 g/mol. The van der Waals surface area contributed by atoms with Crippen LogP contribution in [0.1, 0.15) is 40.5 Å². The van der Waals surface area contributed by atoms with Crippen LogP contribution in [0.25, 0.3) is 0 Å². The molecule has 0 radical (unpaired) electrons. The van der Waals surface area contributed by atoms with Gasteiger partial charge in [0, 0.05) is 13.1 Å². The first-order valence-electron chi connectivity index (χ1n) is 7.19. The number of hydrogen-bond acceptors (Lipinski definition) is 2. The molecule has 1 heterocycles. The highest BCUT2D eigenvalue weighted by molar-refractivity contribution is 5.73. The van der Waals surface area contributed by atoms with Crippen molar-refractivity contribution in [2.45, 2.75) is 46.1 Å². The highest BCUT2D eigenvalue weighted by Gasteiger charge is 2.33. The average molecular weight is 246 g/mol. The van der Waals surface area contributed by atoms with Crippen molar-refractivity contribution in [1.82, 2.24) is 0 Å². The summed E-state index contributed by atoms with van der Waals surface area (Å²) in [5, 5.41) is 3.55. The molecule has 0 bridgehead atoms. The summed E-state index contributed by atoms with van der Waals surface area (Å²) >= 11 is 0. The van der Waals surface area contributed by atoms with Crippen LogP contribution in [0, 0.1) is 5.92 Å². The summed E-state index contributed by atoms with van der Waals surface area (Å²) in [5.41, 5.74) is 2.83. The van der Waals surface area contributed by atoms with Gasteiger partial charge in [0.2, 0.25) is 0 Å². The summed E-state index contributed by atoms with van der Waals surface area (Å²) in [6, 6.07) is 8.68. The van der Waals surface area contributed by atoms with Crippen molar-refractivity contribution >= 4 is 11.4 Å². The summed E-state index contributed by atoms with van der Waals surface area (Å²) < 4.78 is 0. The maximum atomic E-state index is 3.55. The maximum Gasteiger partial charge on any atom is 0.0607 e. The molecule has 1 aliphatic rings. The van der Waals surface area contributed by atoms with Crippen LogP contribution in [0.3, 0.4) is 0 Å². The number of fused-ring (bicyclic) bond motifs is 1. The Labute approximate surface area is 111 Å². The van der Waals surface area contributed by atoms with Gasteiger partial charge in [0.1, 0.15) is 0 Å². The number of benzene rings is 1. The van der Waals surface area contributed by atoms with Gasteiger partial charge in [-0.1, -0.05) is 38.8 Å². The number of anilines is 2. The molecule has 0 unspecified atom stereocenters. The van der Waals surface area contributed by atoms with Crippen molar-refractivity contribution < 1.29 is 0 Å². The largest absolute Gasteiger partial charge is 0.381 e. The van der Waals surface area contributed by atoms with E-state index in [1.165, 1.54) is 30.8 Å². The number of nitrogens with zero attached hydrogens (tertiary/aromatic N) is 1. The van der Waals surface area contributed by atoms with E-state index in [-0.39, 0.29) is 5.54 Å². The predicted octanol–water partition coefficient (Wildman–Crippen LogP) is 4.13. The van der Waals surface area contributed by atoms with Crippen molar-refractivity contribution in [3.63, 3.8) is 0 Å². The molecule has 0 aliphatic carbocycles. The van der Waals surface area contributed by atoms with Crippen LogP contribution in [0.4, 0.5) is 11.4 Å². The fourth-order valence-electron chi connectivity index (χ4n) is 2.74. The zero-order chi connectivity index (χ0) is 13.2. The van der Waals surface area contributed by atoms with E-state index in [0.717, 1.165) is 12.5 Å². The fourth-order valence-corrected chi connectivity index (χ4v) is 2.74. The fraction of sp³-hybridized carbons (Fsp3) is 0.625. The zero-order valence-corrected chi connectivity index (χ0v) is 12.2. The Morgan fingerprint density at radius 1 is 1.22 bits per heavy atom.